The average molecular weight is 423 g/mol. The van der Waals surface area contributed by atoms with E-state index in [-0.39, 0.29) is 38.1 Å². The molecule has 11 heteroatoms. The topological polar surface area (TPSA) is 117 Å². The number of nitrogens with zero attached hydrogens (tertiary/aromatic N) is 3. The SMILES string of the molecule is COCC(=O)N1CCN(c2ccc(N3C[C@@H](CNC(=O)CN)OC3=O)cc2F)CC1. The monoisotopic (exact) mass is 423 g/mol. The van der Waals surface area contributed by atoms with Gasteiger partial charge in [0.1, 0.15) is 18.5 Å². The summed E-state index contributed by atoms with van der Waals surface area (Å²) in [5.74, 6) is -0.890. The van der Waals surface area contributed by atoms with Gasteiger partial charge in [0.05, 0.1) is 31.0 Å². The van der Waals surface area contributed by atoms with Crippen LogP contribution in [0.25, 0.3) is 0 Å². The van der Waals surface area contributed by atoms with Crippen LogP contribution in [-0.2, 0) is 19.1 Å². The smallest absolute Gasteiger partial charge is 0.414 e. The van der Waals surface area contributed by atoms with Gasteiger partial charge in [0.15, 0.2) is 0 Å². The van der Waals surface area contributed by atoms with E-state index in [1.165, 1.54) is 18.1 Å². The fourth-order valence-electron chi connectivity index (χ4n) is 3.47. The molecule has 2 fully saturated rings. The van der Waals surface area contributed by atoms with Crippen molar-refractivity contribution in [2.45, 2.75) is 6.10 Å². The lowest BCUT2D eigenvalue weighted by molar-refractivity contribution is -0.135. The Hall–Kier alpha value is -2.92. The Morgan fingerprint density at radius 3 is 2.67 bits per heavy atom. The maximum absolute atomic E-state index is 14.8. The van der Waals surface area contributed by atoms with Crippen molar-refractivity contribution in [1.82, 2.24) is 10.2 Å². The van der Waals surface area contributed by atoms with Crippen LogP contribution in [-0.4, -0.2) is 88.4 Å². The second-order valence-electron chi connectivity index (χ2n) is 7.06. The third kappa shape index (κ3) is 4.97. The number of benzene rings is 1. The number of cyclic esters (lactones) is 1. The lowest BCUT2D eigenvalue weighted by Gasteiger charge is -2.36. The Morgan fingerprint density at radius 1 is 1.30 bits per heavy atom. The number of ether oxygens (including phenoxy) is 2. The van der Waals surface area contributed by atoms with E-state index in [4.69, 9.17) is 15.2 Å². The van der Waals surface area contributed by atoms with Crippen LogP contribution in [0.5, 0.6) is 0 Å². The maximum Gasteiger partial charge on any atom is 0.414 e. The molecule has 3 amide bonds. The average Bonchev–Trinajstić information content (AvgIpc) is 3.12. The molecule has 3 N–H and O–H groups in total. The van der Waals surface area contributed by atoms with Gasteiger partial charge < -0.3 is 30.3 Å². The van der Waals surface area contributed by atoms with Gasteiger partial charge in [-0.25, -0.2) is 9.18 Å². The molecular formula is C19H26FN5O5. The summed E-state index contributed by atoms with van der Waals surface area (Å²) >= 11 is 0. The maximum atomic E-state index is 14.8. The van der Waals surface area contributed by atoms with Crippen LogP contribution in [0.2, 0.25) is 0 Å². The van der Waals surface area contributed by atoms with Crippen molar-refractivity contribution in [1.29, 1.82) is 0 Å². The molecule has 2 aliphatic rings. The van der Waals surface area contributed by atoms with Crippen molar-refractivity contribution >= 4 is 29.3 Å². The zero-order valence-corrected chi connectivity index (χ0v) is 16.8. The molecule has 0 spiro atoms. The van der Waals surface area contributed by atoms with Crippen LogP contribution in [0.4, 0.5) is 20.6 Å². The van der Waals surface area contributed by atoms with E-state index >= 15 is 0 Å². The zero-order valence-electron chi connectivity index (χ0n) is 16.8. The number of anilines is 2. The standard InChI is InChI=1S/C19H26FN5O5/c1-29-12-18(27)24-6-4-23(5-7-24)16-3-2-13(8-15(16)20)25-11-14(30-19(25)28)10-22-17(26)9-21/h2-3,8,14H,4-7,9-12,21H2,1H3,(H,22,26)/t14-/m1/s1. The van der Waals surface area contributed by atoms with E-state index in [0.29, 0.717) is 37.6 Å². The molecule has 0 radical (unpaired) electrons. The zero-order chi connectivity index (χ0) is 21.7. The fourth-order valence-corrected chi connectivity index (χ4v) is 3.47. The summed E-state index contributed by atoms with van der Waals surface area (Å²) in [6.07, 6.45) is -1.13. The van der Waals surface area contributed by atoms with Crippen molar-refractivity contribution in [3.63, 3.8) is 0 Å². The summed E-state index contributed by atoms with van der Waals surface area (Å²) in [4.78, 5) is 40.2. The number of carbonyl (C=O) groups is 3. The van der Waals surface area contributed by atoms with Crippen LogP contribution in [0.1, 0.15) is 0 Å². The number of halogens is 1. The molecule has 0 aromatic heterocycles. The Labute approximate surface area is 173 Å². The molecule has 30 heavy (non-hydrogen) atoms. The number of methoxy groups -OCH3 is 1. The molecular weight excluding hydrogens is 397 g/mol. The molecule has 2 aliphatic heterocycles. The Morgan fingerprint density at radius 2 is 2.03 bits per heavy atom. The lowest BCUT2D eigenvalue weighted by atomic mass is 10.2. The molecule has 1 aromatic carbocycles. The van der Waals surface area contributed by atoms with Gasteiger partial charge in [-0.3, -0.25) is 14.5 Å². The van der Waals surface area contributed by atoms with Crippen LogP contribution < -0.4 is 20.9 Å². The molecule has 0 bridgehead atoms. The van der Waals surface area contributed by atoms with Crippen LogP contribution in [0.3, 0.4) is 0 Å². The van der Waals surface area contributed by atoms with Gasteiger partial charge >= 0.3 is 6.09 Å². The highest BCUT2D eigenvalue weighted by Crippen LogP contribution is 2.28. The normalized spacial score (nSPS) is 19.1. The molecule has 2 saturated heterocycles. The Balaban J connectivity index is 1.60. The van der Waals surface area contributed by atoms with Crippen LogP contribution in [0, 0.1) is 5.82 Å². The largest absolute Gasteiger partial charge is 0.442 e. The number of rotatable bonds is 7. The van der Waals surface area contributed by atoms with Crippen molar-refractivity contribution in [3.05, 3.63) is 24.0 Å². The minimum Gasteiger partial charge on any atom is -0.442 e. The minimum atomic E-state index is -0.598. The number of piperazine rings is 1. The van der Waals surface area contributed by atoms with E-state index in [0.717, 1.165) is 0 Å². The quantitative estimate of drug-likeness (QED) is 0.608. The molecule has 164 valence electrons. The number of nitrogens with two attached hydrogens (primary N) is 1. The molecule has 0 saturated carbocycles. The number of amides is 3. The first-order chi connectivity index (χ1) is 14.4. The summed E-state index contributed by atoms with van der Waals surface area (Å²) in [5.41, 5.74) is 6.02. The van der Waals surface area contributed by atoms with Crippen molar-refractivity contribution < 1.29 is 28.2 Å². The highest BCUT2D eigenvalue weighted by atomic mass is 19.1. The summed E-state index contributed by atoms with van der Waals surface area (Å²) in [7, 11) is 1.47. The third-order valence-electron chi connectivity index (χ3n) is 5.07. The minimum absolute atomic E-state index is 0.0336. The molecule has 2 heterocycles. The van der Waals surface area contributed by atoms with Gasteiger partial charge in [0, 0.05) is 33.3 Å². The van der Waals surface area contributed by atoms with E-state index in [1.54, 1.807) is 17.0 Å². The van der Waals surface area contributed by atoms with Crippen LogP contribution >= 0.6 is 0 Å². The lowest BCUT2D eigenvalue weighted by Crippen LogP contribution is -2.50. The van der Waals surface area contributed by atoms with E-state index < -0.39 is 18.0 Å². The first-order valence-corrected chi connectivity index (χ1v) is 9.69. The van der Waals surface area contributed by atoms with Gasteiger partial charge in [-0.1, -0.05) is 0 Å². The summed E-state index contributed by atoms with van der Waals surface area (Å²) in [6, 6.07) is 4.57. The van der Waals surface area contributed by atoms with Crippen molar-refractivity contribution in [2.75, 3.05) is 69.3 Å². The summed E-state index contributed by atoms with van der Waals surface area (Å²) in [6.45, 7) is 2.20. The van der Waals surface area contributed by atoms with Gasteiger partial charge in [0.2, 0.25) is 11.8 Å². The Bertz CT molecular complexity index is 800. The van der Waals surface area contributed by atoms with Crippen molar-refractivity contribution in [2.24, 2.45) is 5.73 Å². The van der Waals surface area contributed by atoms with Crippen molar-refractivity contribution in [3.8, 4) is 0 Å². The van der Waals surface area contributed by atoms with Gasteiger partial charge in [-0.15, -0.1) is 0 Å². The van der Waals surface area contributed by atoms with E-state index in [9.17, 15) is 18.8 Å². The highest BCUT2D eigenvalue weighted by molar-refractivity contribution is 5.90. The van der Waals surface area contributed by atoms with Crippen LogP contribution in [0.15, 0.2) is 18.2 Å². The molecule has 1 atom stereocenters. The number of carbonyl (C=O) groups excluding carboxylic acids is 3. The number of hydrogen-bond donors (Lipinski definition) is 2. The summed E-state index contributed by atoms with van der Waals surface area (Å²) in [5, 5.41) is 2.57. The second kappa shape index (κ2) is 9.72. The second-order valence-corrected chi connectivity index (χ2v) is 7.06. The first-order valence-electron chi connectivity index (χ1n) is 9.69. The molecule has 3 rings (SSSR count). The summed E-state index contributed by atoms with van der Waals surface area (Å²) < 4.78 is 24.9. The highest BCUT2D eigenvalue weighted by Gasteiger charge is 2.33. The molecule has 10 nitrogen and oxygen atoms in total. The van der Waals surface area contributed by atoms with Gasteiger partial charge in [0.25, 0.3) is 0 Å². The first kappa shape index (κ1) is 21.8. The molecule has 1 aromatic rings. The predicted octanol–water partition coefficient (Wildman–Crippen LogP) is -0.479. The Kier molecular flexibility index (Phi) is 7.06. The molecule has 0 aliphatic carbocycles. The predicted molar refractivity (Wildman–Crippen MR) is 107 cm³/mol. The fraction of sp³-hybridized carbons (Fsp3) is 0.526. The third-order valence-corrected chi connectivity index (χ3v) is 5.07. The van der Waals surface area contributed by atoms with Gasteiger partial charge in [-0.05, 0) is 18.2 Å². The van der Waals surface area contributed by atoms with E-state index in [1.807, 2.05) is 4.90 Å². The number of hydrogen-bond acceptors (Lipinski definition) is 7. The van der Waals surface area contributed by atoms with Gasteiger partial charge in [-0.2, -0.15) is 0 Å². The van der Waals surface area contributed by atoms with E-state index in [2.05, 4.69) is 5.32 Å². The number of nitrogens with one attached hydrogen (secondary N) is 1. The molecule has 0 unspecified atom stereocenters.